The van der Waals surface area contributed by atoms with E-state index in [1.807, 2.05) is 0 Å². The van der Waals surface area contributed by atoms with Gasteiger partial charge in [-0.25, -0.2) is 0 Å². The summed E-state index contributed by atoms with van der Waals surface area (Å²) in [6, 6.07) is 0. The van der Waals surface area contributed by atoms with Crippen LogP contribution in [0.2, 0.25) is 0 Å². The first kappa shape index (κ1) is 9.77. The van der Waals surface area contributed by atoms with Crippen LogP contribution in [-0.2, 0) is 0 Å². The fourth-order valence-corrected chi connectivity index (χ4v) is 0. The second-order valence-electron chi connectivity index (χ2n) is 0.673. The molecule has 0 aromatic rings. The molecular formula is C2H8IN2S+. The summed E-state index contributed by atoms with van der Waals surface area (Å²) in [7, 11) is 1.75. The predicted molar refractivity (Wildman–Crippen MR) is 40.0 cm³/mol. The molecule has 0 aromatic heterocycles. The molecule has 6 heavy (non-hydrogen) atoms. The van der Waals surface area contributed by atoms with E-state index in [0.717, 1.165) is 0 Å². The average Bonchev–Trinajstić information content (AvgIpc) is 1.38. The zero-order valence-electron chi connectivity index (χ0n) is 3.52. The molecule has 2 nitrogen and oxygen atoms in total. The Labute approximate surface area is 59.5 Å². The Morgan fingerprint density at radius 1 is 1.83 bits per heavy atom. The lowest BCUT2D eigenvalue weighted by Gasteiger charge is -1.79. The minimum Gasteiger partial charge on any atom is -0.335 e. The van der Waals surface area contributed by atoms with Gasteiger partial charge in [0, 0.05) is 19.3 Å². The quantitative estimate of drug-likeness (QED) is 0.420. The van der Waals surface area contributed by atoms with Gasteiger partial charge in [-0.1, -0.05) is 0 Å². The molecule has 0 saturated carbocycles. The van der Waals surface area contributed by atoms with Gasteiger partial charge in [-0.3, -0.25) is 0 Å². The number of hydrogen-bond donors (Lipinski definition) is 2. The lowest BCUT2D eigenvalue weighted by molar-refractivity contribution is -0.214. The Morgan fingerprint density at radius 2 is 2.00 bits per heavy atom. The van der Waals surface area contributed by atoms with Crippen molar-refractivity contribution in [2.75, 3.05) is 7.05 Å². The molecular weight excluding hydrogens is 211 g/mol. The molecule has 0 fully saturated rings. The predicted octanol–water partition coefficient (Wildman–Crippen LogP) is -0.649. The van der Waals surface area contributed by atoms with Crippen LogP contribution in [-0.4, -0.2) is 12.2 Å². The molecule has 0 amide bonds. The first-order valence-corrected chi connectivity index (χ1v) is 1.72. The summed E-state index contributed by atoms with van der Waals surface area (Å²) in [5.41, 5.74) is 3.38. The smallest absolute Gasteiger partial charge is 0.264 e. The molecule has 0 saturated heterocycles. The highest BCUT2D eigenvalue weighted by molar-refractivity contribution is 14.0. The second kappa shape index (κ2) is 5.58. The first-order valence-electron chi connectivity index (χ1n) is 1.31. The molecule has 0 rings (SSSR count). The Kier molecular flexibility index (Phi) is 9.08. The molecule has 0 aromatic carbocycles. The third-order valence-electron chi connectivity index (χ3n) is 0.279. The van der Waals surface area contributed by atoms with Gasteiger partial charge in [0.15, 0.2) is 0 Å². The minimum atomic E-state index is 0. The van der Waals surface area contributed by atoms with Gasteiger partial charge in [0.25, 0.3) is 5.11 Å². The molecule has 0 aliphatic heterocycles. The van der Waals surface area contributed by atoms with Crippen molar-refractivity contribution < 1.29 is 5.73 Å². The second-order valence-corrected chi connectivity index (χ2v) is 1.17. The third-order valence-corrected chi connectivity index (χ3v) is 0.483. The number of hydrogen-bond acceptors (Lipinski definition) is 1. The van der Waals surface area contributed by atoms with Crippen LogP contribution >= 0.6 is 36.2 Å². The summed E-state index contributed by atoms with van der Waals surface area (Å²) in [4.78, 5) is 0. The highest BCUT2D eigenvalue weighted by atomic mass is 127. The Bertz CT molecular complexity index is 46.8. The molecule has 38 valence electrons. The van der Waals surface area contributed by atoms with Gasteiger partial charge in [0.05, 0.1) is 0 Å². The SMILES string of the molecule is CNC([NH3+])=S.I. The van der Waals surface area contributed by atoms with Crippen molar-refractivity contribution in [3.8, 4) is 0 Å². The molecule has 0 unspecified atom stereocenters. The van der Waals surface area contributed by atoms with Gasteiger partial charge in [-0.15, -0.1) is 24.0 Å². The van der Waals surface area contributed by atoms with E-state index in [9.17, 15) is 0 Å². The van der Waals surface area contributed by atoms with Crippen LogP contribution in [0.5, 0.6) is 0 Å². The van der Waals surface area contributed by atoms with Crippen molar-refractivity contribution in [3.63, 3.8) is 0 Å². The Morgan fingerprint density at radius 3 is 2.00 bits per heavy atom. The van der Waals surface area contributed by atoms with Crippen LogP contribution in [0.15, 0.2) is 0 Å². The zero-order chi connectivity index (χ0) is 4.28. The van der Waals surface area contributed by atoms with Gasteiger partial charge < -0.3 is 11.1 Å². The summed E-state index contributed by atoms with van der Waals surface area (Å²) in [6.07, 6.45) is 0. The Hall–Kier alpha value is 0.580. The fourth-order valence-electron chi connectivity index (χ4n) is 0. The summed E-state index contributed by atoms with van der Waals surface area (Å²) < 4.78 is 0. The van der Waals surface area contributed by atoms with Gasteiger partial charge in [0.1, 0.15) is 0 Å². The molecule has 0 aliphatic carbocycles. The molecule has 0 aliphatic rings. The molecule has 4 N–H and O–H groups in total. The monoisotopic (exact) mass is 219 g/mol. The average molecular weight is 219 g/mol. The van der Waals surface area contributed by atoms with Crippen molar-refractivity contribution in [1.29, 1.82) is 0 Å². The molecule has 0 spiro atoms. The van der Waals surface area contributed by atoms with E-state index < -0.39 is 0 Å². The zero-order valence-corrected chi connectivity index (χ0v) is 6.67. The maximum atomic E-state index is 4.47. The number of nitrogens with one attached hydrogen (secondary N) is 1. The highest BCUT2D eigenvalue weighted by Crippen LogP contribution is 1.39. The van der Waals surface area contributed by atoms with E-state index in [1.165, 1.54) is 0 Å². The van der Waals surface area contributed by atoms with E-state index in [-0.39, 0.29) is 24.0 Å². The standard InChI is InChI=1S/C2H6N2S.HI/c1-4-2(3)5;/h1H3,(H3,3,4,5);1H/p+1. The van der Waals surface area contributed by atoms with Crippen LogP contribution in [0.25, 0.3) is 0 Å². The Balaban J connectivity index is 0. The molecule has 4 heteroatoms. The lowest BCUT2D eigenvalue weighted by atomic mass is 11.1. The van der Waals surface area contributed by atoms with E-state index in [0.29, 0.717) is 5.11 Å². The molecule has 0 heterocycles. The van der Waals surface area contributed by atoms with Crippen molar-refractivity contribution in [2.24, 2.45) is 0 Å². The van der Waals surface area contributed by atoms with Gasteiger partial charge >= 0.3 is 0 Å². The van der Waals surface area contributed by atoms with Crippen LogP contribution in [0.3, 0.4) is 0 Å². The minimum absolute atomic E-state index is 0. The van der Waals surface area contributed by atoms with Crippen LogP contribution < -0.4 is 11.1 Å². The lowest BCUT2D eigenvalue weighted by Crippen LogP contribution is -2.61. The number of quaternary nitrogens is 1. The van der Waals surface area contributed by atoms with Crippen molar-refractivity contribution >= 4 is 41.3 Å². The van der Waals surface area contributed by atoms with Gasteiger partial charge in [0.2, 0.25) is 0 Å². The summed E-state index contributed by atoms with van der Waals surface area (Å²) in [5.74, 6) is 0. The summed E-state index contributed by atoms with van der Waals surface area (Å²) in [5, 5.41) is 3.24. The fraction of sp³-hybridized carbons (Fsp3) is 0.500. The van der Waals surface area contributed by atoms with Crippen molar-refractivity contribution in [3.05, 3.63) is 0 Å². The van der Waals surface area contributed by atoms with Crippen LogP contribution in [0, 0.1) is 0 Å². The van der Waals surface area contributed by atoms with E-state index in [4.69, 9.17) is 0 Å². The van der Waals surface area contributed by atoms with Crippen molar-refractivity contribution in [2.45, 2.75) is 0 Å². The van der Waals surface area contributed by atoms with E-state index >= 15 is 0 Å². The van der Waals surface area contributed by atoms with Crippen LogP contribution in [0.1, 0.15) is 0 Å². The largest absolute Gasteiger partial charge is 0.335 e. The molecule has 0 radical (unpaired) electrons. The molecule has 0 bridgehead atoms. The third kappa shape index (κ3) is 8.82. The number of halogens is 1. The maximum Gasteiger partial charge on any atom is 0.264 e. The highest BCUT2D eigenvalue weighted by Gasteiger charge is 1.73. The van der Waals surface area contributed by atoms with E-state index in [1.54, 1.807) is 7.05 Å². The van der Waals surface area contributed by atoms with Gasteiger partial charge in [-0.2, -0.15) is 0 Å². The normalized spacial score (nSPS) is 5.67. The molecule has 0 atom stereocenters. The van der Waals surface area contributed by atoms with Crippen molar-refractivity contribution in [1.82, 2.24) is 5.32 Å². The number of rotatable bonds is 0. The first-order chi connectivity index (χ1) is 2.27. The van der Waals surface area contributed by atoms with E-state index in [2.05, 4.69) is 23.3 Å². The number of thiocarbonyl (C=S) groups is 1. The van der Waals surface area contributed by atoms with Gasteiger partial charge in [-0.05, 0) is 0 Å². The topological polar surface area (TPSA) is 39.7 Å². The summed E-state index contributed by atoms with van der Waals surface area (Å²) in [6.45, 7) is 0. The van der Waals surface area contributed by atoms with Crippen LogP contribution in [0.4, 0.5) is 0 Å². The maximum absolute atomic E-state index is 4.47. The summed E-state index contributed by atoms with van der Waals surface area (Å²) >= 11 is 4.47.